The third-order valence-electron chi connectivity index (χ3n) is 6.00. The lowest BCUT2D eigenvalue weighted by molar-refractivity contribution is -0.149. The van der Waals surface area contributed by atoms with Crippen LogP contribution in [0.4, 0.5) is 0 Å². The molecule has 0 aromatic rings. The number of guanidine groups is 1. The molecular weight excluding hydrogens is 462 g/mol. The molecule has 0 aromatic heterocycles. The topological polar surface area (TPSA) is 192 Å². The molecule has 2 heterocycles. The van der Waals surface area contributed by atoms with E-state index in [2.05, 4.69) is 20.9 Å². The Labute approximate surface area is 204 Å². The standard InChI is InChI=1S/C21H37N7O5S/c1-34-12-8-15(19(31)28-11-4-7-16(28)20(32)33)27-18(30)14(6-3-10-25-21(22)23)26-17(29)13-5-2-9-24-13/h13-16,24H,2-12H2,1H3,(H,26,29)(H,27,30)(H,32,33)(H4,22,23,25). The summed E-state index contributed by atoms with van der Waals surface area (Å²) in [5.74, 6) is -1.65. The normalized spacial score (nSPS) is 21.5. The summed E-state index contributed by atoms with van der Waals surface area (Å²) >= 11 is 1.52. The molecule has 0 aliphatic carbocycles. The number of thioether (sulfide) groups is 1. The fraction of sp³-hybridized carbons (Fsp3) is 0.762. The quantitative estimate of drug-likeness (QED) is 0.100. The molecule has 2 aliphatic rings. The number of aliphatic carboxylic acids is 1. The van der Waals surface area contributed by atoms with Gasteiger partial charge in [0.2, 0.25) is 17.7 Å². The number of nitrogens with one attached hydrogen (secondary N) is 3. The van der Waals surface area contributed by atoms with E-state index in [1.165, 1.54) is 16.7 Å². The Morgan fingerprint density at radius 3 is 2.53 bits per heavy atom. The second-order valence-corrected chi connectivity index (χ2v) is 9.52. The van der Waals surface area contributed by atoms with E-state index in [1.807, 2.05) is 6.26 Å². The smallest absolute Gasteiger partial charge is 0.326 e. The molecular formula is C21H37N7O5S. The van der Waals surface area contributed by atoms with E-state index in [9.17, 15) is 24.3 Å². The van der Waals surface area contributed by atoms with Crippen molar-refractivity contribution in [2.75, 3.05) is 31.6 Å². The van der Waals surface area contributed by atoms with Crippen LogP contribution in [0.15, 0.2) is 4.99 Å². The molecule has 3 amide bonds. The number of hydrogen-bond donors (Lipinski definition) is 6. The van der Waals surface area contributed by atoms with E-state index in [1.54, 1.807) is 0 Å². The van der Waals surface area contributed by atoms with Crippen molar-refractivity contribution in [3.8, 4) is 0 Å². The largest absolute Gasteiger partial charge is 0.480 e. The number of rotatable bonds is 13. The molecule has 2 saturated heterocycles. The molecule has 34 heavy (non-hydrogen) atoms. The number of carbonyl (C=O) groups excluding carboxylic acids is 3. The van der Waals surface area contributed by atoms with E-state index in [0.29, 0.717) is 50.9 Å². The molecule has 13 heteroatoms. The van der Waals surface area contributed by atoms with Crippen molar-refractivity contribution in [2.45, 2.75) is 69.1 Å². The number of nitrogens with zero attached hydrogens (tertiary/aromatic N) is 2. The summed E-state index contributed by atoms with van der Waals surface area (Å²) in [6.45, 7) is 1.38. The minimum atomic E-state index is -1.05. The van der Waals surface area contributed by atoms with Gasteiger partial charge in [0, 0.05) is 13.1 Å². The second-order valence-electron chi connectivity index (χ2n) is 8.53. The van der Waals surface area contributed by atoms with Gasteiger partial charge in [-0.1, -0.05) is 0 Å². The number of nitrogens with two attached hydrogens (primary N) is 2. The number of carboxylic acid groups (broad SMARTS) is 1. The third-order valence-corrected chi connectivity index (χ3v) is 6.65. The Balaban J connectivity index is 2.10. The van der Waals surface area contributed by atoms with Crippen molar-refractivity contribution < 1.29 is 24.3 Å². The lowest BCUT2D eigenvalue weighted by Crippen LogP contribution is -2.57. The average molecular weight is 500 g/mol. The van der Waals surface area contributed by atoms with Crippen molar-refractivity contribution in [1.29, 1.82) is 0 Å². The zero-order chi connectivity index (χ0) is 25.1. The Morgan fingerprint density at radius 1 is 1.15 bits per heavy atom. The minimum Gasteiger partial charge on any atom is -0.480 e. The van der Waals surface area contributed by atoms with Crippen LogP contribution in [-0.2, 0) is 19.2 Å². The van der Waals surface area contributed by atoms with Crippen molar-refractivity contribution in [2.24, 2.45) is 16.5 Å². The minimum absolute atomic E-state index is 0.0542. The van der Waals surface area contributed by atoms with Gasteiger partial charge in [-0.2, -0.15) is 11.8 Å². The maximum absolute atomic E-state index is 13.2. The highest BCUT2D eigenvalue weighted by Gasteiger charge is 2.38. The van der Waals surface area contributed by atoms with Gasteiger partial charge >= 0.3 is 5.97 Å². The lowest BCUT2D eigenvalue weighted by Gasteiger charge is -2.29. The summed E-state index contributed by atoms with van der Waals surface area (Å²) in [5, 5.41) is 18.1. The van der Waals surface area contributed by atoms with E-state index < -0.39 is 35.9 Å². The molecule has 12 nitrogen and oxygen atoms in total. The number of carbonyl (C=O) groups is 4. The molecule has 2 aliphatic heterocycles. The molecule has 4 unspecified atom stereocenters. The van der Waals surface area contributed by atoms with Crippen LogP contribution in [0.1, 0.15) is 44.9 Å². The molecule has 2 fully saturated rings. The maximum Gasteiger partial charge on any atom is 0.326 e. The predicted molar refractivity (Wildman–Crippen MR) is 130 cm³/mol. The van der Waals surface area contributed by atoms with E-state index in [4.69, 9.17) is 11.5 Å². The first kappa shape index (κ1) is 27.7. The van der Waals surface area contributed by atoms with Crippen molar-refractivity contribution in [3.05, 3.63) is 0 Å². The van der Waals surface area contributed by atoms with Gasteiger partial charge < -0.3 is 37.4 Å². The molecule has 192 valence electrons. The zero-order valence-corrected chi connectivity index (χ0v) is 20.4. The summed E-state index contributed by atoms with van der Waals surface area (Å²) in [4.78, 5) is 55.9. The van der Waals surface area contributed by atoms with E-state index >= 15 is 0 Å². The summed E-state index contributed by atoms with van der Waals surface area (Å²) in [6.07, 6.45) is 5.54. The Kier molecular flexibility index (Phi) is 11.4. The average Bonchev–Trinajstić information content (AvgIpc) is 3.50. The molecule has 0 radical (unpaired) electrons. The monoisotopic (exact) mass is 499 g/mol. The summed E-state index contributed by atoms with van der Waals surface area (Å²) in [6, 6.07) is -2.99. The summed E-state index contributed by atoms with van der Waals surface area (Å²) < 4.78 is 0. The van der Waals surface area contributed by atoms with Crippen LogP contribution in [-0.4, -0.2) is 95.5 Å². The second kappa shape index (κ2) is 14.0. The maximum atomic E-state index is 13.2. The first-order chi connectivity index (χ1) is 16.2. The fourth-order valence-electron chi connectivity index (χ4n) is 4.21. The number of likely N-dealkylation sites (tertiary alicyclic amines) is 1. The zero-order valence-electron chi connectivity index (χ0n) is 19.6. The summed E-state index contributed by atoms with van der Waals surface area (Å²) in [7, 11) is 0. The molecule has 0 aromatic carbocycles. The molecule has 0 spiro atoms. The Hall–Kier alpha value is -2.54. The highest BCUT2D eigenvalue weighted by Crippen LogP contribution is 2.20. The molecule has 8 N–H and O–H groups in total. The molecule has 4 atom stereocenters. The van der Waals surface area contributed by atoms with Crippen molar-refractivity contribution in [1.82, 2.24) is 20.9 Å². The van der Waals surface area contributed by atoms with Crippen LogP contribution < -0.4 is 27.4 Å². The van der Waals surface area contributed by atoms with Crippen LogP contribution in [0.25, 0.3) is 0 Å². The van der Waals surface area contributed by atoms with Crippen LogP contribution in [0.2, 0.25) is 0 Å². The number of hydrogen-bond acceptors (Lipinski definition) is 7. The number of amides is 3. The van der Waals surface area contributed by atoms with Crippen LogP contribution in [0, 0.1) is 0 Å². The predicted octanol–water partition coefficient (Wildman–Crippen LogP) is -1.41. The molecule has 2 rings (SSSR count). The van der Waals surface area contributed by atoms with Gasteiger partial charge in [0.25, 0.3) is 0 Å². The van der Waals surface area contributed by atoms with Gasteiger partial charge in [-0.3, -0.25) is 19.4 Å². The molecule has 0 saturated carbocycles. The van der Waals surface area contributed by atoms with E-state index in [-0.39, 0.29) is 24.3 Å². The van der Waals surface area contributed by atoms with Crippen LogP contribution in [0.5, 0.6) is 0 Å². The number of carboxylic acids is 1. The summed E-state index contributed by atoms with van der Waals surface area (Å²) in [5.41, 5.74) is 10.7. The highest BCUT2D eigenvalue weighted by atomic mass is 32.2. The molecule has 0 bridgehead atoms. The van der Waals surface area contributed by atoms with Gasteiger partial charge in [-0.25, -0.2) is 4.79 Å². The fourth-order valence-corrected chi connectivity index (χ4v) is 4.68. The highest BCUT2D eigenvalue weighted by molar-refractivity contribution is 7.98. The number of aliphatic imine (C=N–C) groups is 1. The van der Waals surface area contributed by atoms with Crippen molar-refractivity contribution >= 4 is 41.4 Å². The first-order valence-electron chi connectivity index (χ1n) is 11.7. The Bertz CT molecular complexity index is 756. The van der Waals surface area contributed by atoms with Crippen molar-refractivity contribution in [3.63, 3.8) is 0 Å². The van der Waals surface area contributed by atoms with Gasteiger partial charge in [0.1, 0.15) is 18.1 Å². The Morgan fingerprint density at radius 2 is 1.91 bits per heavy atom. The SMILES string of the molecule is CSCCC(NC(=O)C(CCCN=C(N)N)NC(=O)C1CCCN1)C(=O)N1CCCC1C(=O)O. The van der Waals surface area contributed by atoms with Gasteiger partial charge in [0.05, 0.1) is 6.04 Å². The third kappa shape index (κ3) is 8.35. The van der Waals surface area contributed by atoms with Gasteiger partial charge in [-0.15, -0.1) is 0 Å². The van der Waals surface area contributed by atoms with E-state index in [0.717, 1.165) is 13.0 Å². The van der Waals surface area contributed by atoms with Crippen LogP contribution >= 0.6 is 11.8 Å². The van der Waals surface area contributed by atoms with Gasteiger partial charge in [-0.05, 0) is 63.5 Å². The lowest BCUT2D eigenvalue weighted by atomic mass is 10.1. The first-order valence-corrected chi connectivity index (χ1v) is 13.1. The van der Waals surface area contributed by atoms with Crippen LogP contribution in [0.3, 0.4) is 0 Å². The van der Waals surface area contributed by atoms with Gasteiger partial charge in [0.15, 0.2) is 5.96 Å².